The summed E-state index contributed by atoms with van der Waals surface area (Å²) in [6, 6.07) is 9.50. The molecule has 0 spiro atoms. The minimum Gasteiger partial charge on any atom is -0.439 e. The van der Waals surface area contributed by atoms with E-state index in [-0.39, 0.29) is 0 Å². The lowest BCUT2D eigenvalue weighted by atomic mass is 10.3. The molecule has 1 aliphatic carbocycles. The predicted molar refractivity (Wildman–Crippen MR) is 81.1 cm³/mol. The number of anilines is 1. The van der Waals surface area contributed by atoms with Crippen molar-refractivity contribution in [2.45, 2.75) is 18.8 Å². The SMILES string of the molecule is NNc1cc(Oc2ccc(I)cc2)nc(C2CC2)n1. The normalized spacial score (nSPS) is 14.2. The summed E-state index contributed by atoms with van der Waals surface area (Å²) in [4.78, 5) is 8.77. The second-order valence-corrected chi connectivity index (χ2v) is 5.67. The Morgan fingerprint density at radius 3 is 2.58 bits per heavy atom. The number of ether oxygens (including phenoxy) is 1. The molecule has 1 aromatic heterocycles. The molecule has 0 saturated heterocycles. The van der Waals surface area contributed by atoms with E-state index in [9.17, 15) is 0 Å². The molecule has 0 amide bonds. The second kappa shape index (κ2) is 5.30. The largest absolute Gasteiger partial charge is 0.439 e. The van der Waals surface area contributed by atoms with Crippen LogP contribution in [0.1, 0.15) is 24.6 Å². The highest BCUT2D eigenvalue weighted by atomic mass is 127. The van der Waals surface area contributed by atoms with Gasteiger partial charge in [0.25, 0.3) is 0 Å². The zero-order chi connectivity index (χ0) is 13.2. The zero-order valence-electron chi connectivity index (χ0n) is 10.1. The van der Waals surface area contributed by atoms with E-state index in [1.54, 1.807) is 6.07 Å². The van der Waals surface area contributed by atoms with Crippen molar-refractivity contribution >= 4 is 28.4 Å². The van der Waals surface area contributed by atoms with Crippen molar-refractivity contribution in [1.29, 1.82) is 0 Å². The molecule has 1 heterocycles. The maximum atomic E-state index is 5.74. The van der Waals surface area contributed by atoms with Gasteiger partial charge in [-0.2, -0.15) is 4.98 Å². The summed E-state index contributed by atoms with van der Waals surface area (Å²) >= 11 is 2.25. The van der Waals surface area contributed by atoms with E-state index < -0.39 is 0 Å². The van der Waals surface area contributed by atoms with Gasteiger partial charge in [0.15, 0.2) is 0 Å². The fraction of sp³-hybridized carbons (Fsp3) is 0.231. The Kier molecular flexibility index (Phi) is 3.52. The molecular formula is C13H13IN4O. The first kappa shape index (κ1) is 12.6. The van der Waals surface area contributed by atoms with Gasteiger partial charge >= 0.3 is 0 Å². The summed E-state index contributed by atoms with van der Waals surface area (Å²) in [6.45, 7) is 0. The Hall–Kier alpha value is -1.41. The lowest BCUT2D eigenvalue weighted by molar-refractivity contribution is 0.459. The van der Waals surface area contributed by atoms with Gasteiger partial charge in [0.2, 0.25) is 5.88 Å². The average molecular weight is 368 g/mol. The van der Waals surface area contributed by atoms with Gasteiger partial charge in [-0.1, -0.05) is 0 Å². The number of nitrogens with zero attached hydrogens (tertiary/aromatic N) is 2. The minimum absolute atomic E-state index is 0.451. The molecule has 98 valence electrons. The van der Waals surface area contributed by atoms with E-state index in [4.69, 9.17) is 10.6 Å². The van der Waals surface area contributed by atoms with Crippen LogP contribution in [0.4, 0.5) is 5.82 Å². The van der Waals surface area contributed by atoms with Crippen LogP contribution in [-0.4, -0.2) is 9.97 Å². The summed E-state index contributed by atoms with van der Waals surface area (Å²) in [6.07, 6.45) is 2.27. The third kappa shape index (κ3) is 3.13. The molecule has 0 radical (unpaired) electrons. The van der Waals surface area contributed by atoms with Crippen LogP contribution in [0.15, 0.2) is 30.3 Å². The molecule has 0 atom stereocenters. The summed E-state index contributed by atoms with van der Waals surface area (Å²) in [5, 5.41) is 0. The van der Waals surface area contributed by atoms with Crippen LogP contribution >= 0.6 is 22.6 Å². The molecule has 6 heteroatoms. The molecule has 3 N–H and O–H groups in total. The maximum Gasteiger partial charge on any atom is 0.224 e. The molecular weight excluding hydrogens is 355 g/mol. The van der Waals surface area contributed by atoms with Crippen LogP contribution in [0.25, 0.3) is 0 Å². The number of hydrogen-bond acceptors (Lipinski definition) is 5. The summed E-state index contributed by atoms with van der Waals surface area (Å²) < 4.78 is 6.91. The van der Waals surface area contributed by atoms with Gasteiger partial charge in [-0.25, -0.2) is 10.8 Å². The van der Waals surface area contributed by atoms with Gasteiger partial charge in [-0.3, -0.25) is 0 Å². The highest BCUT2D eigenvalue weighted by molar-refractivity contribution is 14.1. The molecule has 1 saturated carbocycles. The topological polar surface area (TPSA) is 73.1 Å². The highest BCUT2D eigenvalue weighted by Gasteiger charge is 2.27. The average Bonchev–Trinajstić information content (AvgIpc) is 3.25. The Balaban J connectivity index is 1.86. The number of aromatic nitrogens is 2. The lowest BCUT2D eigenvalue weighted by Crippen LogP contribution is -2.10. The highest BCUT2D eigenvalue weighted by Crippen LogP contribution is 2.39. The molecule has 1 aromatic carbocycles. The van der Waals surface area contributed by atoms with E-state index in [1.807, 2.05) is 24.3 Å². The third-order valence-electron chi connectivity index (χ3n) is 2.85. The zero-order valence-corrected chi connectivity index (χ0v) is 12.3. The maximum absolute atomic E-state index is 5.74. The van der Waals surface area contributed by atoms with Crippen molar-refractivity contribution in [3.8, 4) is 11.6 Å². The van der Waals surface area contributed by atoms with Gasteiger partial charge in [-0.05, 0) is 59.7 Å². The van der Waals surface area contributed by atoms with Crippen molar-refractivity contribution < 1.29 is 4.74 Å². The fourth-order valence-electron chi connectivity index (χ4n) is 1.72. The summed E-state index contributed by atoms with van der Waals surface area (Å²) in [5.74, 6) is 8.53. The van der Waals surface area contributed by atoms with Crippen molar-refractivity contribution in [3.63, 3.8) is 0 Å². The fourth-order valence-corrected chi connectivity index (χ4v) is 2.08. The van der Waals surface area contributed by atoms with Crippen LogP contribution in [-0.2, 0) is 0 Å². The van der Waals surface area contributed by atoms with Crippen molar-refractivity contribution in [2.24, 2.45) is 5.84 Å². The molecule has 1 fully saturated rings. The first-order chi connectivity index (χ1) is 9.24. The van der Waals surface area contributed by atoms with Gasteiger partial charge in [-0.15, -0.1) is 0 Å². The third-order valence-corrected chi connectivity index (χ3v) is 3.57. The monoisotopic (exact) mass is 368 g/mol. The first-order valence-corrected chi connectivity index (χ1v) is 7.11. The van der Waals surface area contributed by atoms with Crippen molar-refractivity contribution in [1.82, 2.24) is 9.97 Å². The molecule has 0 bridgehead atoms. The minimum atomic E-state index is 0.451. The Morgan fingerprint density at radius 2 is 1.95 bits per heavy atom. The number of nitrogens with two attached hydrogens (primary N) is 1. The first-order valence-electron chi connectivity index (χ1n) is 6.03. The van der Waals surface area contributed by atoms with Crippen LogP contribution in [0.3, 0.4) is 0 Å². The predicted octanol–water partition coefficient (Wildman–Crippen LogP) is 3.04. The van der Waals surface area contributed by atoms with Crippen LogP contribution in [0.5, 0.6) is 11.6 Å². The number of nitrogens with one attached hydrogen (secondary N) is 1. The number of hydrazine groups is 1. The quantitative estimate of drug-likeness (QED) is 0.493. The molecule has 0 unspecified atom stereocenters. The Bertz CT molecular complexity index is 584. The van der Waals surface area contributed by atoms with Crippen LogP contribution in [0.2, 0.25) is 0 Å². The van der Waals surface area contributed by atoms with Gasteiger partial charge in [0.05, 0.1) is 0 Å². The van der Waals surface area contributed by atoms with Crippen LogP contribution in [0, 0.1) is 3.57 Å². The summed E-state index contributed by atoms with van der Waals surface area (Å²) in [5.41, 5.74) is 2.55. The Morgan fingerprint density at radius 1 is 1.21 bits per heavy atom. The Labute approximate surface area is 124 Å². The lowest BCUT2D eigenvalue weighted by Gasteiger charge is -2.08. The molecule has 19 heavy (non-hydrogen) atoms. The van der Waals surface area contributed by atoms with Crippen molar-refractivity contribution in [3.05, 3.63) is 39.7 Å². The number of hydrogen-bond donors (Lipinski definition) is 2. The second-order valence-electron chi connectivity index (χ2n) is 4.42. The number of halogens is 1. The van der Waals surface area contributed by atoms with Gasteiger partial charge in [0, 0.05) is 15.6 Å². The molecule has 3 rings (SSSR count). The summed E-state index contributed by atoms with van der Waals surface area (Å²) in [7, 11) is 0. The van der Waals surface area contributed by atoms with E-state index in [2.05, 4.69) is 38.0 Å². The van der Waals surface area contributed by atoms with Crippen molar-refractivity contribution in [2.75, 3.05) is 5.43 Å². The number of rotatable bonds is 4. The van der Waals surface area contributed by atoms with Crippen LogP contribution < -0.4 is 16.0 Å². The van der Waals surface area contributed by atoms with E-state index >= 15 is 0 Å². The molecule has 5 nitrogen and oxygen atoms in total. The number of benzene rings is 1. The van der Waals surface area contributed by atoms with E-state index in [0.717, 1.165) is 28.0 Å². The molecule has 0 aliphatic heterocycles. The van der Waals surface area contributed by atoms with Gasteiger partial charge < -0.3 is 10.2 Å². The standard InChI is InChI=1S/C13H13IN4O/c14-9-3-5-10(6-4-9)19-12-7-11(18-15)16-13(17-12)8-1-2-8/h3-8H,1-2,15H2,(H,16,17,18). The van der Waals surface area contributed by atoms with Gasteiger partial charge in [0.1, 0.15) is 17.4 Å². The smallest absolute Gasteiger partial charge is 0.224 e. The molecule has 1 aliphatic rings. The number of nitrogen functional groups attached to an aromatic ring is 1. The van der Waals surface area contributed by atoms with E-state index in [0.29, 0.717) is 17.6 Å². The van der Waals surface area contributed by atoms with E-state index in [1.165, 1.54) is 0 Å². The molecule has 2 aromatic rings.